The summed E-state index contributed by atoms with van der Waals surface area (Å²) in [5.41, 5.74) is 1.71. The number of nitrogens with zero attached hydrogens (tertiary/aromatic N) is 3. The first kappa shape index (κ1) is 26.3. The fourth-order valence-corrected chi connectivity index (χ4v) is 4.34. The largest absolute Gasteiger partial charge is 0.493 e. The van der Waals surface area contributed by atoms with Crippen LogP contribution in [0.4, 0.5) is 18.9 Å². The summed E-state index contributed by atoms with van der Waals surface area (Å²) in [7, 11) is 1.52. The smallest absolute Gasteiger partial charge is 0.490 e. The van der Waals surface area contributed by atoms with E-state index >= 15 is 0 Å². The van der Waals surface area contributed by atoms with Crippen LogP contribution in [0, 0.1) is 11.3 Å². The van der Waals surface area contributed by atoms with E-state index in [0.29, 0.717) is 45.6 Å². The van der Waals surface area contributed by atoms with Crippen molar-refractivity contribution in [3.05, 3.63) is 36.4 Å². The fraction of sp³-hybridized carbons (Fsp3) is 0.423. The molecule has 4 rings (SSSR count). The van der Waals surface area contributed by atoms with Gasteiger partial charge in [-0.25, -0.2) is 9.78 Å². The van der Waals surface area contributed by atoms with Crippen LogP contribution in [0.25, 0.3) is 21.8 Å². The summed E-state index contributed by atoms with van der Waals surface area (Å²) in [6.45, 7) is 3.35. The molecule has 1 aliphatic heterocycles. The van der Waals surface area contributed by atoms with Gasteiger partial charge < -0.3 is 24.4 Å². The molecule has 2 aromatic carbocycles. The van der Waals surface area contributed by atoms with E-state index in [4.69, 9.17) is 14.5 Å². The number of benzene rings is 2. The Morgan fingerprint density at radius 2 is 1.92 bits per heavy atom. The minimum absolute atomic E-state index is 0.363. The predicted octanol–water partition coefficient (Wildman–Crippen LogP) is 4.67. The molecule has 1 aromatic heterocycles. The normalized spacial score (nSPS) is 14.9. The van der Waals surface area contributed by atoms with Crippen LogP contribution in [0.3, 0.4) is 0 Å². The van der Waals surface area contributed by atoms with Crippen molar-refractivity contribution in [3.8, 4) is 17.6 Å². The van der Waals surface area contributed by atoms with Gasteiger partial charge in [0.1, 0.15) is 6.07 Å². The third kappa shape index (κ3) is 6.32. The van der Waals surface area contributed by atoms with Gasteiger partial charge in [0.15, 0.2) is 11.5 Å². The number of hydrogen-bond acceptors (Lipinski definition) is 8. The van der Waals surface area contributed by atoms with Gasteiger partial charge in [0.25, 0.3) is 0 Å². The molecule has 0 saturated carbocycles. The maximum Gasteiger partial charge on any atom is 0.490 e. The number of anilines is 1. The molecule has 1 saturated heterocycles. The second-order valence-electron chi connectivity index (χ2n) is 8.68. The Kier molecular flexibility index (Phi) is 8.18. The minimum atomic E-state index is -5.19. The number of carbonyl (C=O) groups is 1. The highest BCUT2D eigenvalue weighted by molar-refractivity contribution is 6.08. The molecule has 1 aliphatic rings. The molecule has 1 fully saturated rings. The lowest BCUT2D eigenvalue weighted by Gasteiger charge is -2.18. The van der Waals surface area contributed by atoms with Crippen LogP contribution < -0.4 is 14.8 Å². The van der Waals surface area contributed by atoms with Gasteiger partial charge in [0.05, 0.1) is 37.0 Å². The molecule has 1 N–H and O–H groups in total. The van der Waals surface area contributed by atoms with Crippen molar-refractivity contribution >= 4 is 33.5 Å². The molecule has 1 atom stereocenters. The van der Waals surface area contributed by atoms with Crippen LogP contribution >= 0.6 is 0 Å². The van der Waals surface area contributed by atoms with Crippen molar-refractivity contribution in [1.29, 1.82) is 5.26 Å². The van der Waals surface area contributed by atoms with Crippen molar-refractivity contribution in [2.75, 3.05) is 45.2 Å². The molecule has 3 aromatic rings. The highest BCUT2D eigenvalue weighted by Crippen LogP contribution is 2.38. The Labute approximate surface area is 211 Å². The number of fused-ring (bicyclic) bond motifs is 2. The molecular weight excluding hydrogens is 489 g/mol. The van der Waals surface area contributed by atoms with Gasteiger partial charge in [-0.2, -0.15) is 18.4 Å². The second-order valence-corrected chi connectivity index (χ2v) is 8.68. The second kappa shape index (κ2) is 11.5. The van der Waals surface area contributed by atoms with Gasteiger partial charge in [-0.05, 0) is 44.5 Å². The molecule has 0 amide bonds. The zero-order valence-corrected chi connectivity index (χ0v) is 20.3. The zero-order chi connectivity index (χ0) is 26.4. The zero-order valence-electron chi connectivity index (χ0n) is 20.3. The van der Waals surface area contributed by atoms with Gasteiger partial charge >= 0.3 is 12.1 Å². The molecule has 0 radical (unpaired) electrons. The first-order valence-electron chi connectivity index (χ1n) is 12.0. The Bertz CT molecular complexity index is 1300. The lowest BCUT2D eigenvalue weighted by Crippen LogP contribution is -2.32. The average molecular weight is 517 g/mol. The number of ether oxygens (including phenoxy) is 3. The van der Waals surface area contributed by atoms with Crippen LogP contribution in [-0.4, -0.2) is 68.0 Å². The summed E-state index contributed by atoms with van der Waals surface area (Å²) >= 11 is 0. The van der Waals surface area contributed by atoms with Crippen LogP contribution in [0.2, 0.25) is 0 Å². The molecule has 196 valence electrons. The fourth-order valence-electron chi connectivity index (χ4n) is 4.34. The van der Waals surface area contributed by atoms with Crippen molar-refractivity contribution in [1.82, 2.24) is 9.88 Å². The molecule has 37 heavy (non-hydrogen) atoms. The number of aromatic nitrogens is 1. The Morgan fingerprint density at radius 3 is 2.62 bits per heavy atom. The van der Waals surface area contributed by atoms with E-state index in [9.17, 15) is 23.2 Å². The number of rotatable bonds is 10. The summed E-state index contributed by atoms with van der Waals surface area (Å²) in [4.78, 5) is 18.3. The summed E-state index contributed by atoms with van der Waals surface area (Å²) < 4.78 is 53.7. The maximum atomic E-state index is 12.6. The summed E-state index contributed by atoms with van der Waals surface area (Å²) in [6.07, 6.45) is -3.52. The molecular formula is C26H27F3N4O4. The summed E-state index contributed by atoms with van der Waals surface area (Å²) in [5, 5.41) is 13.5. The third-order valence-electron chi connectivity index (χ3n) is 6.13. The first-order valence-corrected chi connectivity index (χ1v) is 12.0. The van der Waals surface area contributed by atoms with Crippen LogP contribution in [0.1, 0.15) is 19.3 Å². The average Bonchev–Trinajstić information content (AvgIpc) is 3.40. The Balaban J connectivity index is 1.59. The first-order chi connectivity index (χ1) is 17.8. The lowest BCUT2D eigenvalue weighted by molar-refractivity contribution is -0.202. The van der Waals surface area contributed by atoms with E-state index in [0.717, 1.165) is 26.1 Å². The number of pyridine rings is 1. The molecule has 0 aliphatic carbocycles. The van der Waals surface area contributed by atoms with E-state index in [-0.39, 0.29) is 6.54 Å². The van der Waals surface area contributed by atoms with Crippen LogP contribution in [-0.2, 0) is 9.53 Å². The van der Waals surface area contributed by atoms with E-state index in [1.807, 2.05) is 6.07 Å². The third-order valence-corrected chi connectivity index (χ3v) is 6.13. The van der Waals surface area contributed by atoms with Gasteiger partial charge in [-0.3, -0.25) is 0 Å². The van der Waals surface area contributed by atoms with Gasteiger partial charge in [0.2, 0.25) is 6.10 Å². The Morgan fingerprint density at radius 1 is 1.16 bits per heavy atom. The van der Waals surface area contributed by atoms with Gasteiger partial charge in [0, 0.05) is 23.4 Å². The number of alkyl halides is 3. The highest BCUT2D eigenvalue weighted by Gasteiger charge is 2.42. The molecule has 11 heteroatoms. The number of methoxy groups -OCH3 is 1. The van der Waals surface area contributed by atoms with Crippen molar-refractivity contribution in [2.24, 2.45) is 0 Å². The quantitative estimate of drug-likeness (QED) is 0.236. The SMILES string of the molecule is COc1cc2c(NCC(C#N)OC(=O)C(F)(F)F)c3ccccc3nc2cc1OCCCN1CCCC1. The van der Waals surface area contributed by atoms with Gasteiger partial charge in [-0.1, -0.05) is 18.2 Å². The van der Waals surface area contributed by atoms with Crippen molar-refractivity contribution in [3.63, 3.8) is 0 Å². The molecule has 8 nitrogen and oxygen atoms in total. The topological polar surface area (TPSA) is 96.7 Å². The number of halogens is 3. The number of esters is 1. The van der Waals surface area contributed by atoms with E-state index in [1.165, 1.54) is 20.0 Å². The number of carbonyl (C=O) groups excluding carboxylic acids is 1. The molecule has 0 bridgehead atoms. The number of nitriles is 1. The van der Waals surface area contributed by atoms with E-state index in [1.54, 1.807) is 36.4 Å². The number of para-hydroxylation sites is 1. The molecule has 0 spiro atoms. The van der Waals surface area contributed by atoms with E-state index in [2.05, 4.69) is 15.0 Å². The number of hydrogen-bond donors (Lipinski definition) is 1. The standard InChI is InChI=1S/C26H27F3N4O4/c1-35-22-13-19-21(14-23(22)36-12-6-11-33-9-4-5-10-33)32-20-8-3-2-7-18(20)24(19)31-16-17(15-30)37-25(34)26(27,28)29/h2-3,7-8,13-14,17H,4-6,9-12,16H2,1H3,(H,31,32). The maximum absolute atomic E-state index is 12.6. The van der Waals surface area contributed by atoms with Crippen LogP contribution in [0.15, 0.2) is 36.4 Å². The number of nitrogens with one attached hydrogen (secondary N) is 1. The van der Waals surface area contributed by atoms with Gasteiger partial charge in [-0.15, -0.1) is 0 Å². The van der Waals surface area contributed by atoms with Crippen LogP contribution in [0.5, 0.6) is 11.5 Å². The summed E-state index contributed by atoms with van der Waals surface area (Å²) in [6, 6.07) is 12.3. The predicted molar refractivity (Wildman–Crippen MR) is 132 cm³/mol. The highest BCUT2D eigenvalue weighted by atomic mass is 19.4. The summed E-state index contributed by atoms with van der Waals surface area (Å²) in [5.74, 6) is -1.42. The van der Waals surface area contributed by atoms with E-state index < -0.39 is 18.2 Å². The molecule has 1 unspecified atom stereocenters. The lowest BCUT2D eigenvalue weighted by atomic mass is 10.1. The van der Waals surface area contributed by atoms with Crippen molar-refractivity contribution in [2.45, 2.75) is 31.5 Å². The molecule has 2 heterocycles. The number of likely N-dealkylation sites (tertiary alicyclic amines) is 1. The monoisotopic (exact) mass is 516 g/mol. The Hall–Kier alpha value is -3.78. The van der Waals surface area contributed by atoms with Crippen molar-refractivity contribution < 1.29 is 32.2 Å². The minimum Gasteiger partial charge on any atom is -0.493 e.